The van der Waals surface area contributed by atoms with Crippen LogP contribution in [0, 0.1) is 0 Å². The molecule has 0 spiro atoms. The number of hydrogen-bond acceptors (Lipinski definition) is 3. The van der Waals surface area contributed by atoms with Gasteiger partial charge in [0.1, 0.15) is 0 Å². The maximum atomic E-state index is 5.93. The van der Waals surface area contributed by atoms with Gasteiger partial charge >= 0.3 is 0 Å². The fourth-order valence-electron chi connectivity index (χ4n) is 0.919. The Morgan fingerprint density at radius 2 is 1.80 bits per heavy atom. The maximum Gasteiger partial charge on any atom is 0.230 e. The molecule has 1 heterocycles. The number of alkyl halides is 5. The van der Waals surface area contributed by atoms with Gasteiger partial charge in [-0.1, -0.05) is 64.9 Å². The maximum absolute atomic E-state index is 5.93. The lowest BCUT2D eigenvalue weighted by atomic mass is 10.4. The minimum Gasteiger partial charge on any atom is -0.227 e. The van der Waals surface area contributed by atoms with Crippen LogP contribution in [0.1, 0.15) is 19.2 Å². The number of halogens is 5. The second-order valence-electron chi connectivity index (χ2n) is 2.80. The summed E-state index contributed by atoms with van der Waals surface area (Å²) in [6.07, 6.45) is 0.807. The summed E-state index contributed by atoms with van der Waals surface area (Å²) in [6, 6.07) is 0. The fourth-order valence-corrected chi connectivity index (χ4v) is 1.44. The van der Waals surface area contributed by atoms with Crippen molar-refractivity contribution in [2.75, 3.05) is 0 Å². The van der Waals surface area contributed by atoms with Gasteiger partial charge in [-0.2, -0.15) is 0 Å². The van der Waals surface area contributed by atoms with Gasteiger partial charge < -0.3 is 0 Å². The number of aromatic nitrogens is 4. The average molecular weight is 312 g/mol. The largest absolute Gasteiger partial charge is 0.230 e. The molecular formula is C6H7Cl5N4. The third kappa shape index (κ3) is 2.80. The van der Waals surface area contributed by atoms with E-state index in [1.165, 1.54) is 4.68 Å². The van der Waals surface area contributed by atoms with Crippen molar-refractivity contribution >= 4 is 58.0 Å². The topological polar surface area (TPSA) is 43.6 Å². The zero-order valence-electron chi connectivity index (χ0n) is 7.59. The van der Waals surface area contributed by atoms with Gasteiger partial charge in [0.2, 0.25) is 8.13 Å². The summed E-state index contributed by atoms with van der Waals surface area (Å²) in [6.45, 7) is 2.50. The third-order valence-electron chi connectivity index (χ3n) is 1.60. The van der Waals surface area contributed by atoms with E-state index in [0.717, 1.165) is 6.42 Å². The van der Waals surface area contributed by atoms with Crippen LogP contribution in [-0.4, -0.2) is 24.0 Å². The highest BCUT2D eigenvalue weighted by Crippen LogP contribution is 2.51. The minimum absolute atomic E-state index is 0.118. The number of hydrogen-bond donors (Lipinski definition) is 0. The van der Waals surface area contributed by atoms with E-state index in [-0.39, 0.29) is 5.82 Å². The number of rotatable bonds is 3. The summed E-state index contributed by atoms with van der Waals surface area (Å²) in [4.78, 5) is 0. The van der Waals surface area contributed by atoms with Crippen molar-refractivity contribution < 1.29 is 0 Å². The molecule has 0 saturated carbocycles. The van der Waals surface area contributed by atoms with Gasteiger partial charge in [-0.05, 0) is 16.8 Å². The van der Waals surface area contributed by atoms with E-state index in [4.69, 9.17) is 58.0 Å². The summed E-state index contributed by atoms with van der Waals surface area (Å²) >= 11 is 28.8. The molecule has 0 aromatic carbocycles. The van der Waals surface area contributed by atoms with Gasteiger partial charge in [0.15, 0.2) is 5.82 Å². The first-order valence-electron chi connectivity index (χ1n) is 4.02. The zero-order valence-corrected chi connectivity index (χ0v) is 11.4. The van der Waals surface area contributed by atoms with Crippen LogP contribution in [0.2, 0.25) is 0 Å². The van der Waals surface area contributed by atoms with Crippen LogP contribution in [0.3, 0.4) is 0 Å². The molecule has 4 nitrogen and oxygen atoms in total. The first kappa shape index (κ1) is 13.6. The summed E-state index contributed by atoms with van der Waals surface area (Å²) in [5.74, 6) is 0.118. The summed E-state index contributed by atoms with van der Waals surface area (Å²) in [7, 11) is 0. The molecule has 0 aliphatic rings. The van der Waals surface area contributed by atoms with Crippen molar-refractivity contribution in [3.8, 4) is 0 Å². The predicted molar refractivity (Wildman–Crippen MR) is 61.8 cm³/mol. The second-order valence-corrected chi connectivity index (χ2v) is 6.41. The molecule has 15 heavy (non-hydrogen) atoms. The Kier molecular flexibility index (Phi) is 4.35. The second kappa shape index (κ2) is 4.80. The summed E-state index contributed by atoms with van der Waals surface area (Å²) in [5.41, 5.74) is 0. The molecule has 0 aliphatic carbocycles. The Bertz CT molecular complexity index is 331. The number of aryl methyl sites for hydroxylation is 1. The van der Waals surface area contributed by atoms with E-state index in [2.05, 4.69) is 15.5 Å². The standard InChI is InChI=1S/C6H7Cl5N4/c1-2-3-15-4(12-13-14-15)5(7,8)6(9,10)11/h2-3H2,1H3. The van der Waals surface area contributed by atoms with Crippen molar-refractivity contribution in [2.24, 2.45) is 0 Å². The highest BCUT2D eigenvalue weighted by atomic mass is 35.6. The van der Waals surface area contributed by atoms with E-state index < -0.39 is 8.13 Å². The van der Waals surface area contributed by atoms with Crippen LogP contribution < -0.4 is 0 Å². The Morgan fingerprint density at radius 3 is 2.27 bits per heavy atom. The Morgan fingerprint density at radius 1 is 1.20 bits per heavy atom. The monoisotopic (exact) mass is 310 g/mol. The fraction of sp³-hybridized carbons (Fsp3) is 0.833. The summed E-state index contributed by atoms with van der Waals surface area (Å²) < 4.78 is -2.28. The lowest BCUT2D eigenvalue weighted by Crippen LogP contribution is -2.32. The van der Waals surface area contributed by atoms with Crippen molar-refractivity contribution in [3.05, 3.63) is 5.82 Å². The van der Waals surface area contributed by atoms with Crippen LogP contribution in [0.15, 0.2) is 0 Å². The average Bonchev–Trinajstić information content (AvgIpc) is 2.51. The lowest BCUT2D eigenvalue weighted by molar-refractivity contribution is 0.542. The Balaban J connectivity index is 3.09. The smallest absolute Gasteiger partial charge is 0.227 e. The molecule has 0 unspecified atom stereocenters. The molecule has 1 rings (SSSR count). The SMILES string of the molecule is CCCn1nnnc1C(Cl)(Cl)C(Cl)(Cl)Cl. The van der Waals surface area contributed by atoms with Crippen molar-refractivity contribution in [1.29, 1.82) is 0 Å². The van der Waals surface area contributed by atoms with E-state index in [9.17, 15) is 0 Å². The van der Waals surface area contributed by atoms with E-state index in [1.54, 1.807) is 0 Å². The van der Waals surface area contributed by atoms with Gasteiger partial charge in [-0.3, -0.25) is 0 Å². The molecule has 86 valence electrons. The lowest BCUT2D eigenvalue weighted by Gasteiger charge is -2.25. The molecule has 0 bridgehead atoms. The molecule has 0 fully saturated rings. The Labute approximate surface area is 112 Å². The third-order valence-corrected chi connectivity index (χ3v) is 3.94. The highest BCUT2D eigenvalue weighted by Gasteiger charge is 2.51. The van der Waals surface area contributed by atoms with Crippen molar-refractivity contribution in [3.63, 3.8) is 0 Å². The highest BCUT2D eigenvalue weighted by molar-refractivity contribution is 6.75. The molecule has 0 N–H and O–H groups in total. The molecule has 0 amide bonds. The molecular weight excluding hydrogens is 305 g/mol. The molecule has 1 aromatic rings. The molecule has 9 heteroatoms. The minimum atomic E-state index is -1.91. The van der Waals surface area contributed by atoms with E-state index in [1.807, 2.05) is 6.92 Å². The normalized spacial score (nSPS) is 13.2. The van der Waals surface area contributed by atoms with Crippen molar-refractivity contribution in [2.45, 2.75) is 28.0 Å². The van der Waals surface area contributed by atoms with Crippen molar-refractivity contribution in [1.82, 2.24) is 20.2 Å². The molecule has 0 atom stereocenters. The molecule has 0 aliphatic heterocycles. The van der Waals surface area contributed by atoms with E-state index >= 15 is 0 Å². The van der Waals surface area contributed by atoms with Crippen LogP contribution in [0.5, 0.6) is 0 Å². The van der Waals surface area contributed by atoms with Gasteiger partial charge in [0.05, 0.1) is 0 Å². The predicted octanol–water partition coefficient (Wildman–Crippen LogP) is 3.08. The van der Waals surface area contributed by atoms with Crippen LogP contribution in [0.4, 0.5) is 0 Å². The van der Waals surface area contributed by atoms with Gasteiger partial charge in [0, 0.05) is 6.54 Å². The van der Waals surface area contributed by atoms with Crippen LogP contribution in [-0.2, 0) is 10.9 Å². The number of tetrazole rings is 1. The quantitative estimate of drug-likeness (QED) is 0.806. The number of nitrogens with zero attached hydrogens (tertiary/aromatic N) is 4. The first-order chi connectivity index (χ1) is 6.80. The van der Waals surface area contributed by atoms with Crippen LogP contribution >= 0.6 is 58.0 Å². The molecule has 0 radical (unpaired) electrons. The Hall–Kier alpha value is 0.520. The van der Waals surface area contributed by atoms with Gasteiger partial charge in [-0.25, -0.2) is 4.68 Å². The molecule has 0 saturated heterocycles. The molecule has 1 aromatic heterocycles. The van der Waals surface area contributed by atoms with Gasteiger partial charge in [0.25, 0.3) is 0 Å². The van der Waals surface area contributed by atoms with E-state index in [0.29, 0.717) is 6.54 Å². The van der Waals surface area contributed by atoms with Crippen LogP contribution in [0.25, 0.3) is 0 Å². The summed E-state index contributed by atoms with van der Waals surface area (Å²) in [5, 5.41) is 10.8. The zero-order chi connectivity index (χ0) is 11.7. The first-order valence-corrected chi connectivity index (χ1v) is 5.91. The van der Waals surface area contributed by atoms with Gasteiger partial charge in [-0.15, -0.1) is 5.10 Å².